The van der Waals surface area contributed by atoms with E-state index in [0.29, 0.717) is 16.6 Å². The zero-order chi connectivity index (χ0) is 17.4. The molecule has 4 rings (SSSR count). The molecule has 2 aromatic heterocycles. The van der Waals surface area contributed by atoms with E-state index >= 15 is 0 Å². The summed E-state index contributed by atoms with van der Waals surface area (Å²) >= 11 is 1.42. The van der Waals surface area contributed by atoms with Crippen LogP contribution in [0.25, 0.3) is 26.6 Å². The van der Waals surface area contributed by atoms with Crippen molar-refractivity contribution in [2.24, 2.45) is 0 Å². The number of para-hydroxylation sites is 2. The molecule has 2 N–H and O–H groups in total. The van der Waals surface area contributed by atoms with Gasteiger partial charge in [0.15, 0.2) is 0 Å². The third-order valence-corrected chi connectivity index (χ3v) is 4.94. The monoisotopic (exact) mass is 350 g/mol. The number of hydrogen-bond donors (Lipinski definition) is 2. The molecule has 25 heavy (non-hydrogen) atoms. The molecule has 124 valence electrons. The number of H-pyrrole nitrogens is 1. The van der Waals surface area contributed by atoms with Crippen LogP contribution in [0.4, 0.5) is 0 Å². The molecule has 0 unspecified atom stereocenters. The Labute approximate surface area is 146 Å². The van der Waals surface area contributed by atoms with Crippen LogP contribution >= 0.6 is 11.3 Å². The van der Waals surface area contributed by atoms with Crippen molar-refractivity contribution in [3.05, 3.63) is 64.4 Å². The molecule has 2 heterocycles. The van der Waals surface area contributed by atoms with Crippen molar-refractivity contribution in [1.29, 1.82) is 5.41 Å². The molecule has 2 aromatic carbocycles. The minimum Gasteiger partial charge on any atom is -0.496 e. The molecule has 0 saturated carbocycles. The quantitative estimate of drug-likeness (QED) is 0.553. The van der Waals surface area contributed by atoms with Crippen LogP contribution < -0.4 is 10.3 Å². The first-order valence-electron chi connectivity index (χ1n) is 7.57. The number of thiazole rings is 1. The molecule has 4 aromatic rings. The maximum Gasteiger partial charge on any atom is 0.282 e. The Morgan fingerprint density at radius 3 is 2.72 bits per heavy atom. The van der Waals surface area contributed by atoms with Gasteiger partial charge in [-0.1, -0.05) is 35.6 Å². The fraction of sp³-hybridized carbons (Fsp3) is 0.0556. The first kappa shape index (κ1) is 15.3. The molecule has 0 aliphatic heterocycles. The van der Waals surface area contributed by atoms with Crippen LogP contribution in [0.15, 0.2) is 53.3 Å². The number of nitrogens with one attached hydrogen (secondary N) is 2. The van der Waals surface area contributed by atoms with Gasteiger partial charge in [-0.2, -0.15) is 4.68 Å². The summed E-state index contributed by atoms with van der Waals surface area (Å²) in [7, 11) is 1.57. The van der Waals surface area contributed by atoms with Crippen LogP contribution in [0.3, 0.4) is 0 Å². The van der Waals surface area contributed by atoms with Gasteiger partial charge in [-0.05, 0) is 24.3 Å². The minimum atomic E-state index is -0.310. The largest absolute Gasteiger partial charge is 0.496 e. The second kappa shape index (κ2) is 6.03. The summed E-state index contributed by atoms with van der Waals surface area (Å²) in [5.41, 5.74) is 2.05. The standard InChI is InChI=1S/C18H14N4O2S/c1-24-14-8-4-2-6-11(14)16-12(10-19)17(23)22(21-16)18-20-13-7-3-5-9-15(13)25-18/h2-10,19,21H,1H3. The number of nitrogens with zero attached hydrogens (tertiary/aromatic N) is 2. The van der Waals surface area contributed by atoms with Crippen LogP contribution in [-0.4, -0.2) is 28.1 Å². The van der Waals surface area contributed by atoms with Gasteiger partial charge in [-0.25, -0.2) is 4.98 Å². The summed E-state index contributed by atoms with van der Waals surface area (Å²) in [6.45, 7) is 0. The van der Waals surface area contributed by atoms with E-state index in [2.05, 4.69) is 10.1 Å². The van der Waals surface area contributed by atoms with Crippen LogP contribution in [0.5, 0.6) is 5.75 Å². The van der Waals surface area contributed by atoms with Gasteiger partial charge in [0.2, 0.25) is 5.13 Å². The molecule has 0 fully saturated rings. The third kappa shape index (κ3) is 2.45. The van der Waals surface area contributed by atoms with E-state index in [9.17, 15) is 4.79 Å². The lowest BCUT2D eigenvalue weighted by molar-refractivity contribution is 0.416. The smallest absolute Gasteiger partial charge is 0.282 e. The number of aromatic nitrogens is 3. The van der Waals surface area contributed by atoms with Crippen LogP contribution in [-0.2, 0) is 0 Å². The highest BCUT2D eigenvalue weighted by Gasteiger charge is 2.19. The summed E-state index contributed by atoms with van der Waals surface area (Å²) in [6.07, 6.45) is 1.06. The van der Waals surface area contributed by atoms with Crippen molar-refractivity contribution in [2.45, 2.75) is 0 Å². The fourth-order valence-electron chi connectivity index (χ4n) is 2.73. The topological polar surface area (TPSA) is 83.8 Å². The SMILES string of the molecule is COc1ccccc1-c1[nH]n(-c2nc3ccccc3s2)c(=O)c1C=N. The maximum atomic E-state index is 12.8. The molecule has 7 heteroatoms. The first-order valence-corrected chi connectivity index (χ1v) is 8.39. The average molecular weight is 350 g/mol. The lowest BCUT2D eigenvalue weighted by Gasteiger charge is -2.06. The molecule has 0 radical (unpaired) electrons. The molecule has 0 aliphatic carbocycles. The summed E-state index contributed by atoms with van der Waals surface area (Å²) in [5.74, 6) is 0.628. The van der Waals surface area contributed by atoms with Crippen molar-refractivity contribution >= 4 is 27.8 Å². The summed E-state index contributed by atoms with van der Waals surface area (Å²) in [6, 6.07) is 15.1. The van der Waals surface area contributed by atoms with Crippen LogP contribution in [0, 0.1) is 5.41 Å². The summed E-state index contributed by atoms with van der Waals surface area (Å²) < 4.78 is 7.76. The normalized spacial score (nSPS) is 10.9. The van der Waals surface area contributed by atoms with Crippen molar-refractivity contribution < 1.29 is 4.74 Å². The van der Waals surface area contributed by atoms with Crippen LogP contribution in [0.2, 0.25) is 0 Å². The number of aromatic amines is 1. The van der Waals surface area contributed by atoms with E-state index < -0.39 is 0 Å². The van der Waals surface area contributed by atoms with E-state index in [1.807, 2.05) is 48.5 Å². The molecule has 6 nitrogen and oxygen atoms in total. The second-order valence-electron chi connectivity index (χ2n) is 5.35. The lowest BCUT2D eigenvalue weighted by atomic mass is 10.1. The highest BCUT2D eigenvalue weighted by atomic mass is 32.1. The predicted molar refractivity (Wildman–Crippen MR) is 99.4 cm³/mol. The predicted octanol–water partition coefficient (Wildman–Crippen LogP) is 3.45. The fourth-order valence-corrected chi connectivity index (χ4v) is 3.66. The first-order chi connectivity index (χ1) is 12.2. The van der Waals surface area contributed by atoms with E-state index in [0.717, 1.165) is 22.0 Å². The Morgan fingerprint density at radius 1 is 1.20 bits per heavy atom. The van der Waals surface area contributed by atoms with Crippen molar-refractivity contribution in [3.8, 4) is 22.1 Å². The highest BCUT2D eigenvalue weighted by molar-refractivity contribution is 7.20. The number of fused-ring (bicyclic) bond motifs is 1. The van der Waals surface area contributed by atoms with Gasteiger partial charge < -0.3 is 10.1 Å². The van der Waals surface area contributed by atoms with Crippen molar-refractivity contribution in [1.82, 2.24) is 14.8 Å². The van der Waals surface area contributed by atoms with E-state index in [1.54, 1.807) is 7.11 Å². The summed E-state index contributed by atoms with van der Waals surface area (Å²) in [4.78, 5) is 17.3. The van der Waals surface area contributed by atoms with E-state index in [-0.39, 0.29) is 11.1 Å². The second-order valence-corrected chi connectivity index (χ2v) is 6.36. The van der Waals surface area contributed by atoms with Gasteiger partial charge >= 0.3 is 0 Å². The Balaban J connectivity index is 1.95. The van der Waals surface area contributed by atoms with Crippen molar-refractivity contribution in [3.63, 3.8) is 0 Å². The Hall–Kier alpha value is -3.19. The number of benzene rings is 2. The molecule has 0 amide bonds. The Morgan fingerprint density at radius 2 is 1.96 bits per heavy atom. The lowest BCUT2D eigenvalue weighted by Crippen LogP contribution is -2.16. The van der Waals surface area contributed by atoms with E-state index in [1.165, 1.54) is 16.0 Å². The third-order valence-electron chi connectivity index (χ3n) is 3.92. The average Bonchev–Trinajstić information content (AvgIpc) is 3.22. The molecule has 0 spiro atoms. The van der Waals surface area contributed by atoms with Crippen molar-refractivity contribution in [2.75, 3.05) is 7.11 Å². The minimum absolute atomic E-state index is 0.267. The number of methoxy groups -OCH3 is 1. The zero-order valence-corrected chi connectivity index (χ0v) is 14.1. The van der Waals surface area contributed by atoms with Gasteiger partial charge in [-0.15, -0.1) is 0 Å². The molecule has 0 aliphatic rings. The number of ether oxygens (including phenoxy) is 1. The molecular weight excluding hydrogens is 336 g/mol. The molecular formula is C18H14N4O2S. The Bertz CT molecular complexity index is 1110. The molecule has 0 saturated heterocycles. The van der Waals surface area contributed by atoms with Gasteiger partial charge in [-0.3, -0.25) is 9.89 Å². The van der Waals surface area contributed by atoms with Crippen LogP contribution in [0.1, 0.15) is 5.56 Å². The number of hydrogen-bond acceptors (Lipinski definition) is 5. The number of rotatable bonds is 4. The zero-order valence-electron chi connectivity index (χ0n) is 13.3. The van der Waals surface area contributed by atoms with E-state index in [4.69, 9.17) is 10.1 Å². The molecule has 0 bridgehead atoms. The summed E-state index contributed by atoms with van der Waals surface area (Å²) in [5, 5.41) is 11.3. The van der Waals surface area contributed by atoms with Gasteiger partial charge in [0.05, 0.1) is 28.6 Å². The van der Waals surface area contributed by atoms with Gasteiger partial charge in [0.1, 0.15) is 5.75 Å². The molecule has 0 atom stereocenters. The van der Waals surface area contributed by atoms with Gasteiger partial charge in [0, 0.05) is 11.8 Å². The van der Waals surface area contributed by atoms with Gasteiger partial charge in [0.25, 0.3) is 5.56 Å². The highest BCUT2D eigenvalue weighted by Crippen LogP contribution is 2.30. The maximum absolute atomic E-state index is 12.8. The Kier molecular flexibility index (Phi) is 3.70.